The maximum atomic E-state index is 13.1. The molecule has 1 saturated heterocycles. The molecule has 2 aromatic rings. The van der Waals surface area contributed by atoms with Gasteiger partial charge >= 0.3 is 11.9 Å². The van der Waals surface area contributed by atoms with Crippen molar-refractivity contribution in [3.63, 3.8) is 0 Å². The van der Waals surface area contributed by atoms with E-state index >= 15 is 0 Å². The molecular weight excluding hydrogens is 583 g/mol. The quantitative estimate of drug-likeness (QED) is 0.348. The zero-order valence-electron chi connectivity index (χ0n) is 22.2. The third-order valence-corrected chi connectivity index (χ3v) is 8.72. The van der Waals surface area contributed by atoms with Gasteiger partial charge in [0.15, 0.2) is 21.3 Å². The Morgan fingerprint density at radius 3 is 2.35 bits per heavy atom. The Morgan fingerprint density at radius 2 is 1.73 bits per heavy atom. The van der Waals surface area contributed by atoms with E-state index < -0.39 is 57.1 Å². The van der Waals surface area contributed by atoms with Gasteiger partial charge in [-0.05, 0) is 44.5 Å². The van der Waals surface area contributed by atoms with Crippen LogP contribution in [0.2, 0.25) is 10.0 Å². The van der Waals surface area contributed by atoms with Gasteiger partial charge in [-0.1, -0.05) is 47.5 Å². The molecule has 2 atom stereocenters. The van der Waals surface area contributed by atoms with Gasteiger partial charge in [-0.15, -0.1) is 0 Å². The number of carbonyl (C=O) groups is 3. The number of benzene rings is 2. The lowest BCUT2D eigenvalue weighted by atomic mass is 10.0. The van der Waals surface area contributed by atoms with Gasteiger partial charge in [0.05, 0.1) is 27.9 Å². The molecule has 2 aliphatic rings. The molecular formula is C27H28Cl2N2O8S. The van der Waals surface area contributed by atoms with E-state index in [1.54, 1.807) is 63.2 Å². The van der Waals surface area contributed by atoms with Gasteiger partial charge in [0.25, 0.3) is 5.91 Å². The standard InChI is InChI=1S/C27H28Cl2N2O8S/c1-27(2,3)39-26(34)22-16(14-40(35,36)25-23(37-4)24(33)31(22)25)13-38-20(32)12-15-8-5-6-11-19(15)30-21-17(28)9-7-10-18(21)29/h5-11,23,25,30H,12-14H2,1-4H3/t23-,25+/m0/s1. The summed E-state index contributed by atoms with van der Waals surface area (Å²) in [5.74, 6) is -2.89. The van der Waals surface area contributed by atoms with Gasteiger partial charge in [-0.3, -0.25) is 14.5 Å². The lowest BCUT2D eigenvalue weighted by molar-refractivity contribution is -0.167. The first-order chi connectivity index (χ1) is 18.7. The van der Waals surface area contributed by atoms with Crippen molar-refractivity contribution in [3.05, 3.63) is 69.3 Å². The number of amides is 1. The number of ether oxygens (including phenoxy) is 3. The lowest BCUT2D eigenvalue weighted by Crippen LogP contribution is -2.70. The number of anilines is 2. The highest BCUT2D eigenvalue weighted by atomic mass is 35.5. The summed E-state index contributed by atoms with van der Waals surface area (Å²) in [6.45, 7) is 4.38. The maximum Gasteiger partial charge on any atom is 0.355 e. The van der Waals surface area contributed by atoms with E-state index in [4.69, 9.17) is 37.4 Å². The number of esters is 2. The summed E-state index contributed by atoms with van der Waals surface area (Å²) in [5.41, 5.74) is 0.347. The van der Waals surface area contributed by atoms with E-state index in [1.165, 1.54) is 7.11 Å². The van der Waals surface area contributed by atoms with Crippen LogP contribution in [0, 0.1) is 0 Å². The molecule has 0 radical (unpaired) electrons. The van der Waals surface area contributed by atoms with Gasteiger partial charge in [0.1, 0.15) is 17.9 Å². The highest BCUT2D eigenvalue weighted by Crippen LogP contribution is 2.39. The molecule has 10 nitrogen and oxygen atoms in total. The summed E-state index contributed by atoms with van der Waals surface area (Å²) in [6.07, 6.45) is -1.42. The Morgan fingerprint density at radius 1 is 1.07 bits per heavy atom. The second kappa shape index (κ2) is 11.4. The van der Waals surface area contributed by atoms with Gasteiger partial charge in [0, 0.05) is 18.4 Å². The van der Waals surface area contributed by atoms with Crippen molar-refractivity contribution in [2.45, 2.75) is 44.3 Å². The van der Waals surface area contributed by atoms with E-state index in [9.17, 15) is 22.8 Å². The van der Waals surface area contributed by atoms with Crippen LogP contribution < -0.4 is 5.32 Å². The fourth-order valence-electron chi connectivity index (χ4n) is 4.41. The number of fused-ring (bicyclic) bond motifs is 1. The zero-order chi connectivity index (χ0) is 29.4. The monoisotopic (exact) mass is 610 g/mol. The van der Waals surface area contributed by atoms with E-state index in [0.717, 1.165) is 4.90 Å². The molecule has 0 aliphatic carbocycles. The smallest absolute Gasteiger partial charge is 0.355 e. The van der Waals surface area contributed by atoms with Crippen molar-refractivity contribution in [2.24, 2.45) is 0 Å². The third-order valence-electron chi connectivity index (χ3n) is 6.14. The van der Waals surface area contributed by atoms with Gasteiger partial charge in [0.2, 0.25) is 0 Å². The summed E-state index contributed by atoms with van der Waals surface area (Å²) >= 11 is 12.5. The molecule has 0 aromatic heterocycles. The van der Waals surface area contributed by atoms with Crippen molar-refractivity contribution in [1.82, 2.24) is 4.90 Å². The van der Waals surface area contributed by atoms with E-state index in [-0.39, 0.29) is 17.7 Å². The minimum atomic E-state index is -3.95. The molecule has 2 aromatic carbocycles. The number of nitrogens with zero attached hydrogens (tertiary/aromatic N) is 1. The number of methoxy groups -OCH3 is 1. The van der Waals surface area contributed by atoms with Crippen LogP contribution in [-0.4, -0.2) is 67.7 Å². The minimum Gasteiger partial charge on any atom is -0.461 e. The molecule has 40 heavy (non-hydrogen) atoms. The molecule has 13 heteroatoms. The summed E-state index contributed by atoms with van der Waals surface area (Å²) in [6, 6.07) is 12.0. The Bertz CT molecular complexity index is 1480. The predicted octanol–water partition coefficient (Wildman–Crippen LogP) is 4.03. The molecule has 1 fully saturated rings. The lowest BCUT2D eigenvalue weighted by Gasteiger charge is -2.48. The molecule has 1 N–H and O–H groups in total. The minimum absolute atomic E-state index is 0.0592. The van der Waals surface area contributed by atoms with Crippen molar-refractivity contribution < 1.29 is 37.0 Å². The molecule has 2 heterocycles. The topological polar surface area (TPSA) is 128 Å². The Kier molecular flexibility index (Phi) is 8.51. The first-order valence-electron chi connectivity index (χ1n) is 12.2. The summed E-state index contributed by atoms with van der Waals surface area (Å²) < 4.78 is 41.9. The normalized spacial score (nSPS) is 19.9. The SMILES string of the molecule is CO[C@H]1C(=O)N2C(C(=O)OC(C)(C)C)=C(COC(=O)Cc3ccccc3Nc3c(Cl)cccc3Cl)CS(=O)(=O)[C@H]12. The van der Waals surface area contributed by atoms with Crippen molar-refractivity contribution >= 4 is 62.3 Å². The number of β-lactam (4-membered cyclic amide) rings is 1. The fourth-order valence-corrected chi connectivity index (χ4v) is 6.91. The Labute approximate surface area is 242 Å². The summed E-state index contributed by atoms with van der Waals surface area (Å²) in [5, 5.41) is 2.55. The molecule has 1 amide bonds. The second-order valence-corrected chi connectivity index (χ2v) is 13.1. The van der Waals surface area contributed by atoms with Crippen LogP contribution in [0.1, 0.15) is 26.3 Å². The summed E-state index contributed by atoms with van der Waals surface area (Å²) in [4.78, 5) is 39.6. The first-order valence-corrected chi connectivity index (χ1v) is 14.7. The van der Waals surface area contributed by atoms with Crippen LogP contribution >= 0.6 is 23.2 Å². The summed E-state index contributed by atoms with van der Waals surface area (Å²) in [7, 11) is -2.73. The van der Waals surface area contributed by atoms with Crippen molar-refractivity contribution in [1.29, 1.82) is 0 Å². The fraction of sp³-hybridized carbons (Fsp3) is 0.370. The Hall–Kier alpha value is -3.12. The number of sulfone groups is 1. The van der Waals surface area contributed by atoms with Gasteiger partial charge < -0.3 is 19.5 Å². The molecule has 214 valence electrons. The van der Waals surface area contributed by atoms with Crippen LogP contribution in [0.15, 0.2) is 53.7 Å². The first kappa shape index (κ1) is 29.9. The number of hydrogen-bond acceptors (Lipinski definition) is 9. The van der Waals surface area contributed by atoms with E-state index in [2.05, 4.69) is 5.32 Å². The van der Waals surface area contributed by atoms with Crippen LogP contribution in [0.4, 0.5) is 11.4 Å². The molecule has 4 rings (SSSR count). The van der Waals surface area contributed by atoms with Crippen LogP contribution in [0.5, 0.6) is 0 Å². The number of nitrogens with one attached hydrogen (secondary N) is 1. The van der Waals surface area contributed by atoms with Gasteiger partial charge in [-0.2, -0.15) is 0 Å². The largest absolute Gasteiger partial charge is 0.461 e. The number of para-hydroxylation sites is 2. The van der Waals surface area contributed by atoms with E-state index in [0.29, 0.717) is 27.0 Å². The number of halogens is 2. The van der Waals surface area contributed by atoms with Gasteiger partial charge in [-0.25, -0.2) is 13.2 Å². The zero-order valence-corrected chi connectivity index (χ0v) is 24.5. The van der Waals surface area contributed by atoms with Crippen LogP contribution in [-0.2, 0) is 44.9 Å². The van der Waals surface area contributed by atoms with Crippen LogP contribution in [0.25, 0.3) is 0 Å². The molecule has 2 aliphatic heterocycles. The number of hydrogen-bond donors (Lipinski definition) is 1. The highest BCUT2D eigenvalue weighted by Gasteiger charge is 2.61. The van der Waals surface area contributed by atoms with E-state index in [1.807, 2.05) is 0 Å². The van der Waals surface area contributed by atoms with Crippen molar-refractivity contribution in [2.75, 3.05) is 24.8 Å². The molecule has 0 spiro atoms. The molecule has 0 saturated carbocycles. The van der Waals surface area contributed by atoms with Crippen LogP contribution in [0.3, 0.4) is 0 Å². The Balaban J connectivity index is 1.57. The average molecular weight is 612 g/mol. The predicted molar refractivity (Wildman–Crippen MR) is 149 cm³/mol. The van der Waals surface area contributed by atoms with Crippen molar-refractivity contribution in [3.8, 4) is 0 Å². The maximum absolute atomic E-state index is 13.1. The number of rotatable bonds is 8. The molecule has 0 bridgehead atoms. The second-order valence-electron chi connectivity index (χ2n) is 10.2. The highest BCUT2D eigenvalue weighted by molar-refractivity contribution is 7.92. The third kappa shape index (κ3) is 6.12. The average Bonchev–Trinajstić information content (AvgIpc) is 2.85. The number of carbonyl (C=O) groups excluding carboxylic acids is 3. The molecule has 0 unspecified atom stereocenters.